The first kappa shape index (κ1) is 16.4. The second-order valence-electron chi connectivity index (χ2n) is 5.94. The number of hydrogen-bond acceptors (Lipinski definition) is 5. The van der Waals surface area contributed by atoms with E-state index in [0.717, 1.165) is 17.0 Å². The number of benzene rings is 2. The van der Waals surface area contributed by atoms with Crippen LogP contribution in [-0.4, -0.2) is 20.9 Å². The molecule has 0 aliphatic heterocycles. The van der Waals surface area contributed by atoms with Crippen molar-refractivity contribution in [3.05, 3.63) is 82.9 Å². The van der Waals surface area contributed by atoms with E-state index >= 15 is 0 Å². The maximum Gasteiger partial charge on any atom is 0.277 e. The van der Waals surface area contributed by atoms with Crippen molar-refractivity contribution in [3.8, 4) is 0 Å². The van der Waals surface area contributed by atoms with Gasteiger partial charge in [-0.05, 0) is 23.3 Å². The monoisotopic (exact) mass is 360 g/mol. The van der Waals surface area contributed by atoms with Crippen molar-refractivity contribution in [2.24, 2.45) is 0 Å². The van der Waals surface area contributed by atoms with Crippen molar-refractivity contribution in [3.63, 3.8) is 0 Å². The Kier molecular flexibility index (Phi) is 4.41. The first-order valence-electron chi connectivity index (χ1n) is 8.20. The number of carbonyl (C=O) groups excluding carboxylic acids is 1. The zero-order valence-corrected chi connectivity index (χ0v) is 15.0. The summed E-state index contributed by atoms with van der Waals surface area (Å²) >= 11 is 1.47. The zero-order valence-electron chi connectivity index (χ0n) is 14.1. The summed E-state index contributed by atoms with van der Waals surface area (Å²) in [5, 5.41) is 5.81. The van der Waals surface area contributed by atoms with Crippen LogP contribution in [0.5, 0.6) is 0 Å². The molecule has 0 spiro atoms. The minimum absolute atomic E-state index is 0.279. The van der Waals surface area contributed by atoms with Crippen LogP contribution in [0.2, 0.25) is 0 Å². The van der Waals surface area contributed by atoms with E-state index in [-0.39, 0.29) is 11.6 Å². The van der Waals surface area contributed by atoms with E-state index in [4.69, 9.17) is 0 Å². The van der Waals surface area contributed by atoms with Gasteiger partial charge in [0.2, 0.25) is 0 Å². The summed E-state index contributed by atoms with van der Waals surface area (Å²) in [6, 6.07) is 14.6. The van der Waals surface area contributed by atoms with Crippen LogP contribution in [-0.2, 0) is 6.42 Å². The molecule has 0 unspecified atom stereocenters. The van der Waals surface area contributed by atoms with Crippen molar-refractivity contribution >= 4 is 33.1 Å². The Labute approximate surface area is 154 Å². The van der Waals surface area contributed by atoms with Gasteiger partial charge in [0.15, 0.2) is 5.13 Å². The summed E-state index contributed by atoms with van der Waals surface area (Å²) in [6.45, 7) is 1.83. The molecule has 128 valence electrons. The van der Waals surface area contributed by atoms with Gasteiger partial charge in [0, 0.05) is 23.7 Å². The van der Waals surface area contributed by atoms with Gasteiger partial charge in [-0.15, -0.1) is 11.3 Å². The van der Waals surface area contributed by atoms with Crippen molar-refractivity contribution < 1.29 is 4.79 Å². The number of aryl methyl sites for hydroxylation is 1. The minimum Gasteiger partial charge on any atom is -0.296 e. The fraction of sp³-hybridized carbons (Fsp3) is 0.100. The smallest absolute Gasteiger partial charge is 0.277 e. The van der Waals surface area contributed by atoms with Crippen LogP contribution in [0.25, 0.3) is 10.8 Å². The normalized spacial score (nSPS) is 10.8. The second kappa shape index (κ2) is 7.01. The van der Waals surface area contributed by atoms with Crippen LogP contribution in [0.1, 0.15) is 26.6 Å². The van der Waals surface area contributed by atoms with E-state index in [1.165, 1.54) is 33.9 Å². The maximum atomic E-state index is 12.2. The highest BCUT2D eigenvalue weighted by Gasteiger charge is 2.11. The number of amides is 1. The molecule has 6 heteroatoms. The summed E-state index contributed by atoms with van der Waals surface area (Å²) in [7, 11) is 0. The third-order valence-electron chi connectivity index (χ3n) is 4.03. The molecular formula is C20H16N4OS. The van der Waals surface area contributed by atoms with Gasteiger partial charge in [0.25, 0.3) is 5.91 Å². The van der Waals surface area contributed by atoms with E-state index in [0.29, 0.717) is 5.13 Å². The Morgan fingerprint density at radius 1 is 1.00 bits per heavy atom. The van der Waals surface area contributed by atoms with Gasteiger partial charge >= 0.3 is 0 Å². The Hall–Kier alpha value is -3.12. The van der Waals surface area contributed by atoms with Crippen molar-refractivity contribution in [2.75, 3.05) is 5.32 Å². The number of rotatable bonds is 4. The third kappa shape index (κ3) is 3.45. The molecule has 5 nitrogen and oxygen atoms in total. The highest BCUT2D eigenvalue weighted by molar-refractivity contribution is 7.15. The average molecular weight is 360 g/mol. The van der Waals surface area contributed by atoms with Crippen LogP contribution < -0.4 is 5.32 Å². The molecule has 0 fully saturated rings. The molecule has 4 aromatic rings. The number of hydrogen-bond donors (Lipinski definition) is 1. The van der Waals surface area contributed by atoms with Crippen LogP contribution >= 0.6 is 11.3 Å². The van der Waals surface area contributed by atoms with Crippen LogP contribution in [0.4, 0.5) is 5.13 Å². The molecule has 1 N–H and O–H groups in total. The van der Waals surface area contributed by atoms with Gasteiger partial charge in [-0.3, -0.25) is 15.1 Å². The van der Waals surface area contributed by atoms with Crippen molar-refractivity contribution in [1.82, 2.24) is 15.0 Å². The quantitative estimate of drug-likeness (QED) is 0.591. The lowest BCUT2D eigenvalue weighted by Gasteiger charge is -2.04. The largest absolute Gasteiger partial charge is 0.296 e. The molecule has 2 aromatic carbocycles. The van der Waals surface area contributed by atoms with E-state index in [1.54, 1.807) is 6.20 Å². The SMILES string of the molecule is Cc1cnc(C(=O)Nc2ncc(Cc3cccc4ccccc34)s2)cn1. The van der Waals surface area contributed by atoms with E-state index in [2.05, 4.69) is 50.6 Å². The topological polar surface area (TPSA) is 67.8 Å². The molecule has 26 heavy (non-hydrogen) atoms. The number of carbonyl (C=O) groups is 1. The highest BCUT2D eigenvalue weighted by Crippen LogP contribution is 2.25. The summed E-state index contributed by atoms with van der Waals surface area (Å²) in [5.74, 6) is -0.302. The van der Waals surface area contributed by atoms with Crippen molar-refractivity contribution in [2.45, 2.75) is 13.3 Å². The maximum absolute atomic E-state index is 12.2. The van der Waals surface area contributed by atoms with Crippen molar-refractivity contribution in [1.29, 1.82) is 0 Å². The molecule has 0 aliphatic carbocycles. The van der Waals surface area contributed by atoms with Crippen LogP contribution in [0.15, 0.2) is 61.1 Å². The number of thiazole rings is 1. The summed E-state index contributed by atoms with van der Waals surface area (Å²) in [6.07, 6.45) is 5.63. The molecule has 0 aliphatic rings. The minimum atomic E-state index is -0.302. The predicted molar refractivity (Wildman–Crippen MR) is 104 cm³/mol. The summed E-state index contributed by atoms with van der Waals surface area (Å²) in [4.78, 5) is 25.8. The molecule has 2 aromatic heterocycles. The fourth-order valence-corrected chi connectivity index (χ4v) is 3.58. The molecule has 2 heterocycles. The molecule has 0 radical (unpaired) electrons. The first-order valence-corrected chi connectivity index (χ1v) is 9.02. The Balaban J connectivity index is 1.51. The van der Waals surface area contributed by atoms with E-state index in [9.17, 15) is 4.79 Å². The Morgan fingerprint density at radius 2 is 1.85 bits per heavy atom. The molecule has 0 bridgehead atoms. The predicted octanol–water partition coefficient (Wildman–Crippen LogP) is 4.24. The Bertz CT molecular complexity index is 1070. The molecule has 0 atom stereocenters. The molecule has 1 amide bonds. The fourth-order valence-electron chi connectivity index (χ4n) is 2.75. The van der Waals surface area contributed by atoms with Crippen LogP contribution in [0.3, 0.4) is 0 Å². The number of fused-ring (bicyclic) bond motifs is 1. The van der Waals surface area contributed by atoms with Crippen LogP contribution in [0, 0.1) is 6.92 Å². The third-order valence-corrected chi connectivity index (χ3v) is 4.94. The Morgan fingerprint density at radius 3 is 2.69 bits per heavy atom. The van der Waals surface area contributed by atoms with E-state index < -0.39 is 0 Å². The number of nitrogens with one attached hydrogen (secondary N) is 1. The number of anilines is 1. The van der Waals surface area contributed by atoms with Gasteiger partial charge in [-0.2, -0.15) is 0 Å². The highest BCUT2D eigenvalue weighted by atomic mass is 32.1. The lowest BCUT2D eigenvalue weighted by Crippen LogP contribution is -2.13. The average Bonchev–Trinajstić information content (AvgIpc) is 3.09. The lowest BCUT2D eigenvalue weighted by atomic mass is 10.0. The van der Waals surface area contributed by atoms with Gasteiger partial charge in [-0.25, -0.2) is 9.97 Å². The van der Waals surface area contributed by atoms with Gasteiger partial charge in [0.1, 0.15) is 5.69 Å². The van der Waals surface area contributed by atoms with Gasteiger partial charge in [-0.1, -0.05) is 42.5 Å². The summed E-state index contributed by atoms with van der Waals surface area (Å²) < 4.78 is 0. The molecule has 0 saturated carbocycles. The number of nitrogens with zero attached hydrogens (tertiary/aromatic N) is 3. The van der Waals surface area contributed by atoms with Gasteiger partial charge < -0.3 is 0 Å². The molecule has 0 saturated heterocycles. The zero-order chi connectivity index (χ0) is 17.9. The lowest BCUT2D eigenvalue weighted by molar-refractivity contribution is 0.102. The molecule has 4 rings (SSSR count). The summed E-state index contributed by atoms with van der Waals surface area (Å²) in [5.41, 5.74) is 2.30. The first-order chi connectivity index (χ1) is 12.7. The number of aromatic nitrogens is 3. The van der Waals surface area contributed by atoms with E-state index in [1.807, 2.05) is 25.3 Å². The van der Waals surface area contributed by atoms with Gasteiger partial charge in [0.05, 0.1) is 11.9 Å². The standard InChI is InChI=1S/C20H16N4OS/c1-13-10-22-18(12-21-13)19(25)24-20-23-11-16(26-20)9-15-7-4-6-14-5-2-3-8-17(14)15/h2-8,10-12H,9H2,1H3,(H,23,24,25). The second-order valence-corrected chi connectivity index (χ2v) is 7.06. The molecular weight excluding hydrogens is 344 g/mol.